The Morgan fingerprint density at radius 2 is 2.10 bits per heavy atom. The molecule has 108 valence electrons. The topological polar surface area (TPSA) is 56.7 Å². The molecular formula is C16H17BrN4. The summed E-state index contributed by atoms with van der Waals surface area (Å²) in [7, 11) is 0. The van der Waals surface area contributed by atoms with Crippen molar-refractivity contribution in [2.24, 2.45) is 5.73 Å². The minimum atomic E-state index is -0.235. The molecule has 0 fully saturated rings. The maximum absolute atomic E-state index is 6.54. The fraction of sp³-hybridized carbons (Fsp3) is 0.250. The molecule has 0 aliphatic rings. The summed E-state index contributed by atoms with van der Waals surface area (Å²) in [5.41, 5.74) is 9.58. The van der Waals surface area contributed by atoms with Crippen LogP contribution in [0.15, 0.2) is 47.2 Å². The molecule has 1 aromatic carbocycles. The van der Waals surface area contributed by atoms with Crippen LogP contribution in [-0.4, -0.2) is 14.8 Å². The lowest BCUT2D eigenvalue weighted by Crippen LogP contribution is -2.18. The maximum atomic E-state index is 6.54. The zero-order valence-corrected chi connectivity index (χ0v) is 13.4. The average molecular weight is 345 g/mol. The number of halogens is 1. The van der Waals surface area contributed by atoms with Gasteiger partial charge in [-0.15, -0.1) is 0 Å². The largest absolute Gasteiger partial charge is 0.319 e. The molecule has 2 aromatic heterocycles. The van der Waals surface area contributed by atoms with Crippen LogP contribution in [-0.2, 0) is 6.54 Å². The van der Waals surface area contributed by atoms with Gasteiger partial charge in [-0.05, 0) is 40.0 Å². The van der Waals surface area contributed by atoms with E-state index in [0.717, 1.165) is 39.6 Å². The van der Waals surface area contributed by atoms with Crippen LogP contribution in [0.25, 0.3) is 10.9 Å². The molecule has 4 nitrogen and oxygen atoms in total. The van der Waals surface area contributed by atoms with Crippen LogP contribution in [0.3, 0.4) is 0 Å². The third kappa shape index (κ3) is 2.59. The lowest BCUT2D eigenvalue weighted by molar-refractivity contribution is 0.559. The highest BCUT2D eigenvalue weighted by Gasteiger charge is 2.20. The molecule has 3 rings (SSSR count). The lowest BCUT2D eigenvalue weighted by atomic mass is 10.0. The summed E-state index contributed by atoms with van der Waals surface area (Å²) < 4.78 is 2.92. The van der Waals surface area contributed by atoms with Crippen LogP contribution in [0, 0.1) is 0 Å². The molecule has 3 aromatic rings. The second kappa shape index (κ2) is 5.95. The first-order chi connectivity index (χ1) is 10.2. The number of nitrogens with two attached hydrogens (primary N) is 1. The zero-order chi connectivity index (χ0) is 14.8. The van der Waals surface area contributed by atoms with Gasteiger partial charge in [0.1, 0.15) is 0 Å². The summed E-state index contributed by atoms with van der Waals surface area (Å²) in [6, 6.07) is 9.82. The molecule has 0 aliphatic carbocycles. The summed E-state index contributed by atoms with van der Waals surface area (Å²) in [5, 5.41) is 5.49. The third-order valence-electron chi connectivity index (χ3n) is 3.58. The van der Waals surface area contributed by atoms with Gasteiger partial charge in [-0.1, -0.05) is 25.1 Å². The van der Waals surface area contributed by atoms with Crippen molar-refractivity contribution in [3.63, 3.8) is 0 Å². The summed E-state index contributed by atoms with van der Waals surface area (Å²) in [4.78, 5) is 4.40. The van der Waals surface area contributed by atoms with Crippen molar-refractivity contribution in [1.82, 2.24) is 14.8 Å². The number of aromatic nitrogens is 3. The van der Waals surface area contributed by atoms with Crippen molar-refractivity contribution in [3.8, 4) is 0 Å². The van der Waals surface area contributed by atoms with E-state index in [1.54, 1.807) is 0 Å². The van der Waals surface area contributed by atoms with E-state index in [9.17, 15) is 0 Å². The van der Waals surface area contributed by atoms with Crippen molar-refractivity contribution in [2.75, 3.05) is 0 Å². The van der Waals surface area contributed by atoms with Crippen molar-refractivity contribution in [2.45, 2.75) is 25.9 Å². The van der Waals surface area contributed by atoms with Gasteiger partial charge in [0.05, 0.1) is 27.9 Å². The van der Waals surface area contributed by atoms with Crippen molar-refractivity contribution in [1.29, 1.82) is 0 Å². The Morgan fingerprint density at radius 1 is 1.29 bits per heavy atom. The van der Waals surface area contributed by atoms with Gasteiger partial charge in [-0.2, -0.15) is 5.10 Å². The fourth-order valence-electron chi connectivity index (χ4n) is 2.61. The Kier molecular flexibility index (Phi) is 4.03. The smallest absolute Gasteiger partial charge is 0.0741 e. The van der Waals surface area contributed by atoms with E-state index < -0.39 is 0 Å². The van der Waals surface area contributed by atoms with Gasteiger partial charge in [-0.25, -0.2) is 0 Å². The highest BCUT2D eigenvalue weighted by molar-refractivity contribution is 9.10. The predicted molar refractivity (Wildman–Crippen MR) is 88.0 cm³/mol. The number of hydrogen-bond donors (Lipinski definition) is 1. The monoisotopic (exact) mass is 344 g/mol. The SMILES string of the molecule is CCCn1ncc(Br)c1C(N)c1ccnc2ccccc12. The first-order valence-corrected chi connectivity index (χ1v) is 7.82. The van der Waals surface area contributed by atoms with Gasteiger partial charge in [0, 0.05) is 18.1 Å². The van der Waals surface area contributed by atoms with Crippen LogP contribution >= 0.6 is 15.9 Å². The summed E-state index contributed by atoms with van der Waals surface area (Å²) in [5.74, 6) is 0. The summed E-state index contributed by atoms with van der Waals surface area (Å²) >= 11 is 3.57. The van der Waals surface area contributed by atoms with E-state index in [-0.39, 0.29) is 6.04 Å². The van der Waals surface area contributed by atoms with Crippen LogP contribution < -0.4 is 5.73 Å². The first kappa shape index (κ1) is 14.2. The standard InChI is InChI=1S/C16H17BrN4/c1-2-9-21-16(13(17)10-20-21)15(18)12-7-8-19-14-6-4-3-5-11(12)14/h3-8,10,15H,2,9,18H2,1H3. The van der Waals surface area contributed by atoms with E-state index in [4.69, 9.17) is 5.73 Å². The number of para-hydroxylation sites is 1. The molecule has 1 unspecified atom stereocenters. The number of fused-ring (bicyclic) bond motifs is 1. The Morgan fingerprint density at radius 3 is 2.90 bits per heavy atom. The molecule has 2 N–H and O–H groups in total. The molecule has 21 heavy (non-hydrogen) atoms. The Balaban J connectivity index is 2.13. The summed E-state index contributed by atoms with van der Waals surface area (Å²) in [6.45, 7) is 2.99. The molecule has 0 saturated carbocycles. The van der Waals surface area contributed by atoms with Crippen LogP contribution in [0.1, 0.15) is 30.6 Å². The van der Waals surface area contributed by atoms with Gasteiger partial charge in [0.2, 0.25) is 0 Å². The number of pyridine rings is 1. The molecule has 5 heteroatoms. The molecule has 1 atom stereocenters. The molecule has 0 bridgehead atoms. The molecule has 0 aliphatic heterocycles. The highest BCUT2D eigenvalue weighted by Crippen LogP contribution is 2.30. The van der Waals surface area contributed by atoms with Crippen molar-refractivity contribution < 1.29 is 0 Å². The maximum Gasteiger partial charge on any atom is 0.0741 e. The molecular weight excluding hydrogens is 328 g/mol. The molecule has 2 heterocycles. The normalized spacial score (nSPS) is 12.7. The number of nitrogens with zero attached hydrogens (tertiary/aromatic N) is 3. The lowest BCUT2D eigenvalue weighted by Gasteiger charge is -2.17. The van der Waals surface area contributed by atoms with Crippen molar-refractivity contribution in [3.05, 3.63) is 58.5 Å². The van der Waals surface area contributed by atoms with E-state index in [1.165, 1.54) is 0 Å². The third-order valence-corrected chi connectivity index (χ3v) is 4.19. The average Bonchev–Trinajstić information content (AvgIpc) is 2.87. The number of aryl methyl sites for hydroxylation is 1. The van der Waals surface area contributed by atoms with E-state index in [2.05, 4.69) is 39.0 Å². The van der Waals surface area contributed by atoms with Gasteiger partial charge >= 0.3 is 0 Å². The van der Waals surface area contributed by atoms with E-state index in [1.807, 2.05) is 41.3 Å². The van der Waals surface area contributed by atoms with E-state index >= 15 is 0 Å². The van der Waals surface area contributed by atoms with Gasteiger partial charge in [0.15, 0.2) is 0 Å². The Hall–Kier alpha value is -1.72. The van der Waals surface area contributed by atoms with Crippen molar-refractivity contribution >= 4 is 26.8 Å². The highest BCUT2D eigenvalue weighted by atomic mass is 79.9. The molecule has 0 radical (unpaired) electrons. The summed E-state index contributed by atoms with van der Waals surface area (Å²) in [6.07, 6.45) is 4.64. The van der Waals surface area contributed by atoms with Crippen LogP contribution in [0.5, 0.6) is 0 Å². The first-order valence-electron chi connectivity index (χ1n) is 7.02. The zero-order valence-electron chi connectivity index (χ0n) is 11.8. The van der Waals surface area contributed by atoms with Crippen LogP contribution in [0.4, 0.5) is 0 Å². The van der Waals surface area contributed by atoms with Gasteiger partial charge in [-0.3, -0.25) is 9.67 Å². The molecule has 0 saturated heterocycles. The molecule has 0 spiro atoms. The minimum Gasteiger partial charge on any atom is -0.319 e. The minimum absolute atomic E-state index is 0.235. The number of benzene rings is 1. The number of hydrogen-bond acceptors (Lipinski definition) is 3. The second-order valence-corrected chi connectivity index (χ2v) is 5.85. The quantitative estimate of drug-likeness (QED) is 0.785. The Labute approximate surface area is 132 Å². The Bertz CT molecular complexity index is 761. The number of rotatable bonds is 4. The van der Waals surface area contributed by atoms with Gasteiger partial charge in [0.25, 0.3) is 0 Å². The predicted octanol–water partition coefficient (Wildman–Crippen LogP) is 3.65. The van der Waals surface area contributed by atoms with E-state index in [0.29, 0.717) is 0 Å². The van der Waals surface area contributed by atoms with Crippen LogP contribution in [0.2, 0.25) is 0 Å². The second-order valence-electron chi connectivity index (χ2n) is 5.00. The fourth-order valence-corrected chi connectivity index (χ4v) is 3.15. The molecule has 0 amide bonds. The van der Waals surface area contributed by atoms with Gasteiger partial charge < -0.3 is 5.73 Å².